The van der Waals surface area contributed by atoms with Gasteiger partial charge in [0.1, 0.15) is 13.2 Å². The molecule has 0 aliphatic heterocycles. The molecular formula is C74H136O6. The second kappa shape index (κ2) is 68.9. The van der Waals surface area contributed by atoms with Crippen LogP contribution in [0.3, 0.4) is 0 Å². The van der Waals surface area contributed by atoms with Crippen molar-refractivity contribution >= 4 is 17.9 Å². The summed E-state index contributed by atoms with van der Waals surface area (Å²) in [6, 6.07) is 0. The smallest absolute Gasteiger partial charge is 0.306 e. The highest BCUT2D eigenvalue weighted by Gasteiger charge is 2.19. The molecule has 0 bridgehead atoms. The van der Waals surface area contributed by atoms with Gasteiger partial charge in [-0.3, -0.25) is 14.4 Å². The Bertz CT molecular complexity index is 1380. The number of rotatable bonds is 66. The lowest BCUT2D eigenvalue weighted by Crippen LogP contribution is -2.30. The standard InChI is InChI=1S/C74H136O6/c1-4-7-10-13-16-19-22-25-28-30-31-32-33-34-35-36-37-38-39-40-41-42-43-44-47-49-52-55-58-61-64-67-73(76)79-70-71(69-78-72(75)66-63-60-57-54-51-48-45-27-24-21-18-15-12-9-6-3)80-74(77)68-65-62-59-56-53-50-46-29-26-23-20-17-14-11-8-5-2/h20,23,27,29-31,45-46,71H,4-19,21-22,24-26,28,32-44,47-70H2,1-3H3/b23-20-,31-30-,45-27-,46-29-. The third kappa shape index (κ3) is 66.2. The lowest BCUT2D eigenvalue weighted by molar-refractivity contribution is -0.167. The van der Waals surface area contributed by atoms with Gasteiger partial charge in [0.05, 0.1) is 0 Å². The average Bonchev–Trinajstić information content (AvgIpc) is 3.46. The van der Waals surface area contributed by atoms with Gasteiger partial charge < -0.3 is 14.2 Å². The van der Waals surface area contributed by atoms with Crippen molar-refractivity contribution in [2.24, 2.45) is 0 Å². The number of ether oxygens (including phenoxy) is 3. The molecular weight excluding hydrogens is 985 g/mol. The summed E-state index contributed by atoms with van der Waals surface area (Å²) in [5.74, 6) is -0.877. The molecule has 0 fully saturated rings. The zero-order chi connectivity index (χ0) is 57.8. The van der Waals surface area contributed by atoms with Gasteiger partial charge in [-0.2, -0.15) is 0 Å². The SMILES string of the molecule is CCCCCC/C=C\C/C=C\CCCCCCCC(=O)OC(COC(=O)CCCCCCC/C=C\CCCCCCCC)COC(=O)CCCCCCCCCCCCCCCCCCCCC/C=C\CCCCCCCCCC. The summed E-state index contributed by atoms with van der Waals surface area (Å²) in [4.78, 5) is 38.4. The monoisotopic (exact) mass is 1120 g/mol. The van der Waals surface area contributed by atoms with Crippen LogP contribution in [0.2, 0.25) is 0 Å². The Hall–Kier alpha value is -2.63. The highest BCUT2D eigenvalue weighted by atomic mass is 16.6. The van der Waals surface area contributed by atoms with Gasteiger partial charge in [0, 0.05) is 19.3 Å². The number of hydrogen-bond acceptors (Lipinski definition) is 6. The minimum Gasteiger partial charge on any atom is -0.462 e. The zero-order valence-corrected chi connectivity index (χ0v) is 53.9. The van der Waals surface area contributed by atoms with E-state index in [1.165, 1.54) is 257 Å². The Morgan fingerprint density at radius 2 is 0.450 bits per heavy atom. The lowest BCUT2D eigenvalue weighted by Gasteiger charge is -2.18. The molecule has 0 saturated heterocycles. The first-order valence-corrected chi connectivity index (χ1v) is 35.6. The number of unbranched alkanes of at least 4 members (excludes halogenated alkanes) is 47. The first kappa shape index (κ1) is 77.4. The Labute approximate surface area is 498 Å². The molecule has 0 amide bonds. The summed E-state index contributed by atoms with van der Waals surface area (Å²) >= 11 is 0. The molecule has 0 aromatic rings. The van der Waals surface area contributed by atoms with Crippen LogP contribution >= 0.6 is 0 Å². The molecule has 0 aromatic heterocycles. The summed E-state index contributed by atoms with van der Waals surface area (Å²) in [6.45, 7) is 6.66. The molecule has 0 saturated carbocycles. The van der Waals surface area contributed by atoms with Crippen molar-refractivity contribution in [3.63, 3.8) is 0 Å². The number of allylic oxidation sites excluding steroid dienone is 8. The van der Waals surface area contributed by atoms with E-state index in [1.807, 2.05) is 0 Å². The number of carbonyl (C=O) groups is 3. The van der Waals surface area contributed by atoms with Gasteiger partial charge in [-0.25, -0.2) is 0 Å². The summed E-state index contributed by atoms with van der Waals surface area (Å²) < 4.78 is 17.0. The van der Waals surface area contributed by atoms with Crippen LogP contribution in [0.25, 0.3) is 0 Å². The molecule has 0 radical (unpaired) electrons. The van der Waals surface area contributed by atoms with Crippen LogP contribution < -0.4 is 0 Å². The van der Waals surface area contributed by atoms with Crippen molar-refractivity contribution in [2.45, 2.75) is 393 Å². The summed E-state index contributed by atoms with van der Waals surface area (Å²) in [7, 11) is 0. The Morgan fingerprint density at radius 1 is 0.250 bits per heavy atom. The fourth-order valence-electron chi connectivity index (χ4n) is 10.6. The first-order valence-electron chi connectivity index (χ1n) is 35.6. The maximum absolute atomic E-state index is 12.9. The Kier molecular flexibility index (Phi) is 66.6. The molecule has 0 aromatic carbocycles. The molecule has 468 valence electrons. The number of carbonyl (C=O) groups excluding carboxylic acids is 3. The summed E-state index contributed by atoms with van der Waals surface area (Å²) in [5, 5.41) is 0. The van der Waals surface area contributed by atoms with Crippen molar-refractivity contribution < 1.29 is 28.6 Å². The molecule has 80 heavy (non-hydrogen) atoms. The topological polar surface area (TPSA) is 78.9 Å². The number of esters is 3. The minimum absolute atomic E-state index is 0.0778. The maximum atomic E-state index is 12.9. The van der Waals surface area contributed by atoms with E-state index in [2.05, 4.69) is 69.4 Å². The molecule has 0 aliphatic rings. The van der Waals surface area contributed by atoms with E-state index in [9.17, 15) is 14.4 Å². The second-order valence-electron chi connectivity index (χ2n) is 24.1. The van der Waals surface area contributed by atoms with E-state index in [0.717, 1.165) is 89.9 Å². The quantitative estimate of drug-likeness (QED) is 0.0261. The molecule has 1 unspecified atom stereocenters. The third-order valence-electron chi connectivity index (χ3n) is 16.0. The second-order valence-corrected chi connectivity index (χ2v) is 24.1. The lowest BCUT2D eigenvalue weighted by atomic mass is 10.0. The normalized spacial score (nSPS) is 12.3. The van der Waals surface area contributed by atoms with Gasteiger partial charge in [0.2, 0.25) is 0 Å². The van der Waals surface area contributed by atoms with E-state index in [-0.39, 0.29) is 31.1 Å². The molecule has 0 spiro atoms. The number of hydrogen-bond donors (Lipinski definition) is 0. The van der Waals surface area contributed by atoms with E-state index in [4.69, 9.17) is 14.2 Å². The van der Waals surface area contributed by atoms with Gasteiger partial charge in [0.15, 0.2) is 6.10 Å². The van der Waals surface area contributed by atoms with Crippen molar-refractivity contribution in [3.8, 4) is 0 Å². The zero-order valence-electron chi connectivity index (χ0n) is 53.9. The van der Waals surface area contributed by atoms with Crippen LogP contribution in [0.1, 0.15) is 387 Å². The van der Waals surface area contributed by atoms with Crippen molar-refractivity contribution in [2.75, 3.05) is 13.2 Å². The summed E-state index contributed by atoms with van der Waals surface area (Å²) in [6.07, 6.45) is 87.2. The van der Waals surface area contributed by atoms with Gasteiger partial charge >= 0.3 is 17.9 Å². The van der Waals surface area contributed by atoms with Crippen molar-refractivity contribution in [1.82, 2.24) is 0 Å². The molecule has 0 heterocycles. The molecule has 0 aliphatic carbocycles. The minimum atomic E-state index is -0.783. The fourth-order valence-corrected chi connectivity index (χ4v) is 10.6. The van der Waals surface area contributed by atoms with Crippen LogP contribution in [-0.2, 0) is 28.6 Å². The summed E-state index contributed by atoms with van der Waals surface area (Å²) in [5.41, 5.74) is 0. The molecule has 6 nitrogen and oxygen atoms in total. The predicted octanol–water partition coefficient (Wildman–Crippen LogP) is 24.5. The van der Waals surface area contributed by atoms with Gasteiger partial charge in [0.25, 0.3) is 0 Å². The average molecular weight is 1120 g/mol. The van der Waals surface area contributed by atoms with E-state index < -0.39 is 6.10 Å². The molecule has 6 heteroatoms. The van der Waals surface area contributed by atoms with Crippen LogP contribution in [0.5, 0.6) is 0 Å². The highest BCUT2D eigenvalue weighted by molar-refractivity contribution is 5.71. The van der Waals surface area contributed by atoms with Gasteiger partial charge in [-0.1, -0.05) is 313 Å². The Morgan fingerprint density at radius 3 is 0.713 bits per heavy atom. The van der Waals surface area contributed by atoms with Crippen molar-refractivity contribution in [3.05, 3.63) is 48.6 Å². The predicted molar refractivity (Wildman–Crippen MR) is 349 cm³/mol. The van der Waals surface area contributed by atoms with Crippen molar-refractivity contribution in [1.29, 1.82) is 0 Å². The molecule has 1 atom stereocenters. The molecule has 0 N–H and O–H groups in total. The van der Waals surface area contributed by atoms with Gasteiger partial charge in [-0.05, 0) is 103 Å². The fraction of sp³-hybridized carbons (Fsp3) is 0.851. The van der Waals surface area contributed by atoms with E-state index in [1.54, 1.807) is 0 Å². The Balaban J connectivity index is 4.18. The highest BCUT2D eigenvalue weighted by Crippen LogP contribution is 2.18. The molecule has 0 rings (SSSR count). The van der Waals surface area contributed by atoms with Crippen LogP contribution in [0.15, 0.2) is 48.6 Å². The van der Waals surface area contributed by atoms with Gasteiger partial charge in [-0.15, -0.1) is 0 Å². The maximum Gasteiger partial charge on any atom is 0.306 e. The van der Waals surface area contributed by atoms with Crippen LogP contribution in [-0.4, -0.2) is 37.2 Å². The largest absolute Gasteiger partial charge is 0.462 e. The van der Waals surface area contributed by atoms with E-state index >= 15 is 0 Å². The van der Waals surface area contributed by atoms with Crippen LogP contribution in [0.4, 0.5) is 0 Å². The first-order chi connectivity index (χ1) is 39.5. The van der Waals surface area contributed by atoms with E-state index in [0.29, 0.717) is 19.3 Å². The van der Waals surface area contributed by atoms with Crippen LogP contribution in [0, 0.1) is 0 Å². The third-order valence-corrected chi connectivity index (χ3v) is 16.0.